The molecule has 62 valence electrons. The number of nitrogens with zero attached hydrogens (tertiary/aromatic N) is 1. The van der Waals surface area contributed by atoms with Crippen LogP contribution in [0.2, 0.25) is 0 Å². The van der Waals surface area contributed by atoms with E-state index in [1.165, 1.54) is 0 Å². The molecule has 0 amide bonds. The fraction of sp³-hybridized carbons (Fsp3) is 0.833. The minimum atomic E-state index is -2.87. The second-order valence-corrected chi connectivity index (χ2v) is 5.02. The predicted molar refractivity (Wildman–Crippen MR) is 40.4 cm³/mol. The van der Waals surface area contributed by atoms with Crippen molar-refractivity contribution in [2.45, 2.75) is 18.1 Å². The van der Waals surface area contributed by atoms with Crippen LogP contribution in [0.3, 0.4) is 0 Å². The summed E-state index contributed by atoms with van der Waals surface area (Å²) >= 11 is 0. The summed E-state index contributed by atoms with van der Waals surface area (Å²) in [4.78, 5) is 0. The van der Waals surface area contributed by atoms with Gasteiger partial charge in [0.25, 0.3) is 0 Å². The van der Waals surface area contributed by atoms with E-state index in [0.29, 0.717) is 6.42 Å². The summed E-state index contributed by atoms with van der Waals surface area (Å²) < 4.78 is 22.2. The quantitative estimate of drug-likeness (QED) is 0.458. The van der Waals surface area contributed by atoms with Crippen LogP contribution in [0.15, 0.2) is 0 Å². The summed E-state index contributed by atoms with van der Waals surface area (Å²) in [5.41, 5.74) is 0. The van der Waals surface area contributed by atoms with Gasteiger partial charge in [-0.3, -0.25) is 0 Å². The smallest absolute Gasteiger partial charge is 0.176 e. The zero-order chi connectivity index (χ0) is 8.32. The van der Waals surface area contributed by atoms with Gasteiger partial charge in [-0.25, -0.2) is 8.42 Å². The van der Waals surface area contributed by atoms with E-state index in [1.54, 1.807) is 6.19 Å². The summed E-state index contributed by atoms with van der Waals surface area (Å²) in [6, 6.07) is 0. The molecule has 11 heavy (non-hydrogen) atoms. The minimum absolute atomic E-state index is 0.277. The van der Waals surface area contributed by atoms with E-state index >= 15 is 0 Å². The Balaban J connectivity index is 2.54. The molecule has 0 aliphatic carbocycles. The van der Waals surface area contributed by atoms with Crippen molar-refractivity contribution in [3.8, 4) is 6.19 Å². The molecule has 0 aromatic rings. The maximum atomic E-state index is 11.1. The summed E-state index contributed by atoms with van der Waals surface area (Å²) in [6.45, 7) is 0.277. The van der Waals surface area contributed by atoms with Crippen molar-refractivity contribution in [3.05, 3.63) is 0 Å². The van der Waals surface area contributed by atoms with Crippen molar-refractivity contribution in [1.29, 1.82) is 5.26 Å². The Kier molecular flexibility index (Phi) is 2.35. The molecule has 1 aliphatic heterocycles. The number of hydrogen-bond donors (Lipinski definition) is 1. The molecular formula is C6H10N2O2S. The van der Waals surface area contributed by atoms with Crippen LogP contribution in [-0.2, 0) is 9.84 Å². The van der Waals surface area contributed by atoms with Crippen molar-refractivity contribution in [3.63, 3.8) is 0 Å². The summed E-state index contributed by atoms with van der Waals surface area (Å²) in [7, 11) is -2.87. The van der Waals surface area contributed by atoms with E-state index < -0.39 is 9.84 Å². The largest absolute Gasteiger partial charge is 0.323 e. The van der Waals surface area contributed by atoms with Gasteiger partial charge in [0.2, 0.25) is 0 Å². The molecule has 0 radical (unpaired) electrons. The molecule has 1 N–H and O–H groups in total. The fourth-order valence-corrected chi connectivity index (χ4v) is 3.01. The van der Waals surface area contributed by atoms with Crippen LogP contribution in [0.1, 0.15) is 12.8 Å². The first-order valence-corrected chi connectivity index (χ1v) is 5.22. The van der Waals surface area contributed by atoms with Crippen LogP contribution in [0, 0.1) is 11.5 Å². The van der Waals surface area contributed by atoms with E-state index in [4.69, 9.17) is 5.26 Å². The van der Waals surface area contributed by atoms with Gasteiger partial charge in [-0.1, -0.05) is 0 Å². The average molecular weight is 174 g/mol. The molecule has 1 atom stereocenters. The van der Waals surface area contributed by atoms with Gasteiger partial charge in [-0.2, -0.15) is 5.26 Å². The van der Waals surface area contributed by atoms with E-state index in [-0.39, 0.29) is 17.5 Å². The molecule has 5 heteroatoms. The Hall–Kier alpha value is -0.760. The molecule has 1 unspecified atom stereocenters. The van der Waals surface area contributed by atoms with Crippen LogP contribution in [0.4, 0.5) is 0 Å². The van der Waals surface area contributed by atoms with Gasteiger partial charge < -0.3 is 5.32 Å². The number of nitrogens with one attached hydrogen (secondary N) is 1. The highest BCUT2D eigenvalue weighted by molar-refractivity contribution is 7.92. The zero-order valence-electron chi connectivity index (χ0n) is 6.08. The van der Waals surface area contributed by atoms with Crippen molar-refractivity contribution < 1.29 is 8.42 Å². The molecule has 0 spiro atoms. The molecule has 1 fully saturated rings. The summed E-state index contributed by atoms with van der Waals surface area (Å²) in [5, 5.41) is 10.2. The Bertz CT molecular complexity index is 265. The molecule has 0 aromatic carbocycles. The first-order chi connectivity index (χ1) is 5.17. The van der Waals surface area contributed by atoms with Crippen LogP contribution in [-0.4, -0.2) is 26.0 Å². The molecule has 0 saturated carbocycles. The second kappa shape index (κ2) is 3.09. The highest BCUT2D eigenvalue weighted by Gasteiger charge is 2.30. The lowest BCUT2D eigenvalue weighted by molar-refractivity contribution is 0.586. The molecule has 0 bridgehead atoms. The minimum Gasteiger partial charge on any atom is -0.323 e. The highest BCUT2D eigenvalue weighted by Crippen LogP contribution is 2.18. The third kappa shape index (κ3) is 1.84. The molecule has 1 rings (SSSR count). The van der Waals surface area contributed by atoms with Crippen LogP contribution in [0.25, 0.3) is 0 Å². The molecule has 1 heterocycles. The predicted octanol–water partition coefficient (Wildman–Crippen LogP) is -0.366. The standard InChI is InChI=1S/C6H10N2O2S/c7-5-8-4-6-2-1-3-11(6,9)10/h6,8H,1-4H2. The number of sulfone groups is 1. The fourth-order valence-electron chi connectivity index (χ4n) is 1.25. The molecule has 4 nitrogen and oxygen atoms in total. The van der Waals surface area contributed by atoms with Gasteiger partial charge >= 0.3 is 0 Å². The van der Waals surface area contributed by atoms with E-state index in [9.17, 15) is 8.42 Å². The van der Waals surface area contributed by atoms with Gasteiger partial charge in [0.05, 0.1) is 11.0 Å². The third-order valence-corrected chi connectivity index (χ3v) is 4.15. The SMILES string of the molecule is N#CNCC1CCCS1(=O)=O. The zero-order valence-corrected chi connectivity index (χ0v) is 6.89. The van der Waals surface area contributed by atoms with E-state index in [1.807, 2.05) is 0 Å². The van der Waals surface area contributed by atoms with E-state index in [2.05, 4.69) is 5.32 Å². The Morgan fingerprint density at radius 3 is 2.82 bits per heavy atom. The Morgan fingerprint density at radius 2 is 2.36 bits per heavy atom. The summed E-state index contributed by atoms with van der Waals surface area (Å²) in [5.74, 6) is 0.283. The lowest BCUT2D eigenvalue weighted by Gasteiger charge is -2.05. The van der Waals surface area contributed by atoms with Crippen LogP contribution < -0.4 is 5.32 Å². The molecular weight excluding hydrogens is 164 g/mol. The summed E-state index contributed by atoms with van der Waals surface area (Å²) in [6.07, 6.45) is 3.15. The average Bonchev–Trinajstić information content (AvgIpc) is 2.25. The number of nitriles is 1. The normalized spacial score (nSPS) is 27.7. The maximum Gasteiger partial charge on any atom is 0.176 e. The topological polar surface area (TPSA) is 70.0 Å². The van der Waals surface area contributed by atoms with Crippen LogP contribution in [0.5, 0.6) is 0 Å². The van der Waals surface area contributed by atoms with Crippen molar-refractivity contribution in [2.24, 2.45) is 0 Å². The Labute approximate surface area is 66.1 Å². The first-order valence-electron chi connectivity index (χ1n) is 3.50. The molecule has 1 aliphatic rings. The van der Waals surface area contributed by atoms with Gasteiger partial charge in [0.1, 0.15) is 0 Å². The van der Waals surface area contributed by atoms with Crippen LogP contribution >= 0.6 is 0 Å². The molecule has 1 saturated heterocycles. The van der Waals surface area contributed by atoms with Crippen molar-refractivity contribution in [2.75, 3.05) is 12.3 Å². The van der Waals surface area contributed by atoms with E-state index in [0.717, 1.165) is 6.42 Å². The van der Waals surface area contributed by atoms with Crippen molar-refractivity contribution in [1.82, 2.24) is 5.32 Å². The van der Waals surface area contributed by atoms with Gasteiger partial charge in [0, 0.05) is 6.54 Å². The number of hydrogen-bond acceptors (Lipinski definition) is 4. The third-order valence-electron chi connectivity index (χ3n) is 1.87. The Morgan fingerprint density at radius 1 is 1.64 bits per heavy atom. The van der Waals surface area contributed by atoms with Crippen molar-refractivity contribution >= 4 is 9.84 Å². The number of rotatable bonds is 2. The monoisotopic (exact) mass is 174 g/mol. The second-order valence-electron chi connectivity index (χ2n) is 2.62. The lowest BCUT2D eigenvalue weighted by atomic mass is 10.2. The van der Waals surface area contributed by atoms with Gasteiger partial charge in [0.15, 0.2) is 16.0 Å². The van der Waals surface area contributed by atoms with Gasteiger partial charge in [-0.05, 0) is 12.8 Å². The maximum absolute atomic E-state index is 11.1. The molecule has 0 aromatic heterocycles. The van der Waals surface area contributed by atoms with Gasteiger partial charge in [-0.15, -0.1) is 0 Å². The highest BCUT2D eigenvalue weighted by atomic mass is 32.2. The first kappa shape index (κ1) is 8.34. The lowest BCUT2D eigenvalue weighted by Crippen LogP contribution is -2.27.